The average Bonchev–Trinajstić information content (AvgIpc) is 2.49. The van der Waals surface area contributed by atoms with Crippen LogP contribution in [0.25, 0.3) is 0 Å². The molecular weight excluding hydrogens is 313 g/mol. The molecule has 110 valence electrons. The highest BCUT2D eigenvalue weighted by Crippen LogP contribution is 2.30. The normalized spacial score (nSPS) is 10.1. The van der Waals surface area contributed by atoms with Crippen molar-refractivity contribution in [3.8, 4) is 11.5 Å². The van der Waals surface area contributed by atoms with Crippen molar-refractivity contribution >= 4 is 34.8 Å². The van der Waals surface area contributed by atoms with Crippen molar-refractivity contribution in [3.05, 3.63) is 52.0 Å². The minimum Gasteiger partial charge on any atom is -0.497 e. The molecule has 0 unspecified atom stereocenters. The van der Waals surface area contributed by atoms with E-state index in [2.05, 4.69) is 5.32 Å². The van der Waals surface area contributed by atoms with E-state index in [1.807, 2.05) is 0 Å². The van der Waals surface area contributed by atoms with Crippen LogP contribution in [0.5, 0.6) is 11.5 Å². The summed E-state index contributed by atoms with van der Waals surface area (Å²) in [4.78, 5) is 12.2. The van der Waals surface area contributed by atoms with Crippen LogP contribution in [0.3, 0.4) is 0 Å². The first-order valence-corrected chi connectivity index (χ1v) is 6.79. The van der Waals surface area contributed by atoms with Gasteiger partial charge in [0.25, 0.3) is 5.91 Å². The lowest BCUT2D eigenvalue weighted by molar-refractivity contribution is 0.102. The van der Waals surface area contributed by atoms with E-state index in [-0.39, 0.29) is 5.91 Å². The molecule has 2 aromatic rings. The zero-order chi connectivity index (χ0) is 15.4. The topological polar surface area (TPSA) is 47.6 Å². The zero-order valence-corrected chi connectivity index (χ0v) is 13.0. The van der Waals surface area contributed by atoms with Crippen LogP contribution >= 0.6 is 23.2 Å². The number of halogens is 2. The van der Waals surface area contributed by atoms with E-state index in [0.717, 1.165) is 0 Å². The van der Waals surface area contributed by atoms with Crippen molar-refractivity contribution in [2.24, 2.45) is 0 Å². The number of hydrogen-bond acceptors (Lipinski definition) is 3. The molecule has 0 radical (unpaired) electrons. The van der Waals surface area contributed by atoms with E-state index < -0.39 is 0 Å². The predicted molar refractivity (Wildman–Crippen MR) is 84.0 cm³/mol. The van der Waals surface area contributed by atoms with Crippen LogP contribution in [-0.4, -0.2) is 20.1 Å². The van der Waals surface area contributed by atoms with Gasteiger partial charge in [-0.1, -0.05) is 23.2 Å². The number of rotatable bonds is 4. The monoisotopic (exact) mass is 325 g/mol. The number of benzene rings is 2. The minimum absolute atomic E-state index is 0.319. The third-order valence-corrected chi connectivity index (χ3v) is 3.58. The molecule has 0 bridgehead atoms. The van der Waals surface area contributed by atoms with Gasteiger partial charge < -0.3 is 14.8 Å². The predicted octanol–water partition coefficient (Wildman–Crippen LogP) is 4.26. The van der Waals surface area contributed by atoms with Gasteiger partial charge in [0.15, 0.2) is 0 Å². The Morgan fingerprint density at radius 2 is 1.76 bits per heavy atom. The van der Waals surface area contributed by atoms with Gasteiger partial charge in [-0.15, -0.1) is 0 Å². The Morgan fingerprint density at radius 3 is 2.38 bits per heavy atom. The minimum atomic E-state index is -0.319. The van der Waals surface area contributed by atoms with Gasteiger partial charge in [0, 0.05) is 11.6 Å². The first-order chi connectivity index (χ1) is 10.0. The van der Waals surface area contributed by atoms with Gasteiger partial charge >= 0.3 is 0 Å². The first-order valence-electron chi connectivity index (χ1n) is 6.03. The van der Waals surface area contributed by atoms with Gasteiger partial charge in [0.05, 0.1) is 30.0 Å². The Morgan fingerprint density at radius 1 is 1.00 bits per heavy atom. The van der Waals surface area contributed by atoms with Crippen molar-refractivity contribution in [2.75, 3.05) is 19.5 Å². The summed E-state index contributed by atoms with van der Waals surface area (Å²) in [5, 5.41) is 3.47. The zero-order valence-electron chi connectivity index (χ0n) is 11.4. The van der Waals surface area contributed by atoms with Crippen LogP contribution in [0.4, 0.5) is 5.69 Å². The summed E-state index contributed by atoms with van der Waals surface area (Å²) in [6.07, 6.45) is 0. The number of anilines is 1. The summed E-state index contributed by atoms with van der Waals surface area (Å²) in [7, 11) is 3.07. The molecular formula is C15H13Cl2NO3. The average molecular weight is 326 g/mol. The molecule has 21 heavy (non-hydrogen) atoms. The standard InChI is InChI=1S/C15H13Cl2NO3/c1-20-10-4-6-14(21-2)13(8-10)18-15(19)9-3-5-11(16)12(17)7-9/h3-8H,1-2H3,(H,18,19). The van der Waals surface area contributed by atoms with E-state index in [4.69, 9.17) is 32.7 Å². The number of carbonyl (C=O) groups is 1. The highest BCUT2D eigenvalue weighted by molar-refractivity contribution is 6.42. The van der Waals surface area contributed by atoms with Crippen LogP contribution in [0.1, 0.15) is 10.4 Å². The lowest BCUT2D eigenvalue weighted by Crippen LogP contribution is -2.12. The van der Waals surface area contributed by atoms with Gasteiger partial charge in [-0.05, 0) is 30.3 Å². The van der Waals surface area contributed by atoms with Crippen molar-refractivity contribution in [1.82, 2.24) is 0 Å². The molecule has 0 heterocycles. The third-order valence-electron chi connectivity index (χ3n) is 2.84. The number of methoxy groups -OCH3 is 2. The number of ether oxygens (including phenoxy) is 2. The Balaban J connectivity index is 2.28. The molecule has 4 nitrogen and oxygen atoms in total. The molecule has 2 aromatic carbocycles. The quantitative estimate of drug-likeness (QED) is 0.913. The van der Waals surface area contributed by atoms with Gasteiger partial charge in [-0.3, -0.25) is 4.79 Å². The summed E-state index contributed by atoms with van der Waals surface area (Å²) >= 11 is 11.7. The molecule has 1 amide bonds. The van der Waals surface area contributed by atoms with E-state index in [1.54, 1.807) is 37.4 Å². The molecule has 0 atom stereocenters. The van der Waals surface area contributed by atoms with E-state index in [9.17, 15) is 4.79 Å². The van der Waals surface area contributed by atoms with Crippen molar-refractivity contribution in [3.63, 3.8) is 0 Å². The fourth-order valence-electron chi connectivity index (χ4n) is 1.74. The molecule has 0 saturated carbocycles. The molecule has 2 rings (SSSR count). The van der Waals surface area contributed by atoms with Gasteiger partial charge in [-0.2, -0.15) is 0 Å². The van der Waals surface area contributed by atoms with E-state index >= 15 is 0 Å². The Hall–Kier alpha value is -1.91. The van der Waals surface area contributed by atoms with Crippen LogP contribution in [-0.2, 0) is 0 Å². The molecule has 6 heteroatoms. The smallest absolute Gasteiger partial charge is 0.255 e. The van der Waals surface area contributed by atoms with Crippen LogP contribution in [0.2, 0.25) is 10.0 Å². The fourth-order valence-corrected chi connectivity index (χ4v) is 2.04. The number of amides is 1. The van der Waals surface area contributed by atoms with Crippen molar-refractivity contribution in [1.29, 1.82) is 0 Å². The molecule has 0 aliphatic carbocycles. The molecule has 0 aliphatic rings. The number of nitrogens with one attached hydrogen (secondary N) is 1. The maximum Gasteiger partial charge on any atom is 0.255 e. The van der Waals surface area contributed by atoms with Gasteiger partial charge in [-0.25, -0.2) is 0 Å². The summed E-state index contributed by atoms with van der Waals surface area (Å²) in [6.45, 7) is 0. The Labute approximate surface area is 132 Å². The van der Waals surface area contributed by atoms with Gasteiger partial charge in [0.1, 0.15) is 11.5 Å². The summed E-state index contributed by atoms with van der Waals surface area (Å²) in [5.74, 6) is 0.824. The molecule has 1 N–H and O–H groups in total. The van der Waals surface area contributed by atoms with Crippen molar-refractivity contribution < 1.29 is 14.3 Å². The third kappa shape index (κ3) is 3.60. The highest BCUT2D eigenvalue weighted by Gasteiger charge is 2.12. The summed E-state index contributed by atoms with van der Waals surface area (Å²) in [6, 6.07) is 9.80. The maximum absolute atomic E-state index is 12.2. The SMILES string of the molecule is COc1ccc(OC)c(NC(=O)c2ccc(Cl)c(Cl)c2)c1. The number of carbonyl (C=O) groups excluding carboxylic acids is 1. The lowest BCUT2D eigenvalue weighted by atomic mass is 10.2. The molecule has 0 saturated heterocycles. The highest BCUT2D eigenvalue weighted by atomic mass is 35.5. The summed E-state index contributed by atoms with van der Waals surface area (Å²) < 4.78 is 10.3. The second-order valence-electron chi connectivity index (χ2n) is 4.15. The molecule has 0 aliphatic heterocycles. The number of hydrogen-bond donors (Lipinski definition) is 1. The van der Waals surface area contributed by atoms with E-state index in [1.165, 1.54) is 13.2 Å². The largest absolute Gasteiger partial charge is 0.497 e. The molecule has 0 aromatic heterocycles. The van der Waals surface area contributed by atoms with Crippen LogP contribution in [0.15, 0.2) is 36.4 Å². The van der Waals surface area contributed by atoms with Crippen LogP contribution < -0.4 is 14.8 Å². The van der Waals surface area contributed by atoms with Crippen LogP contribution in [0, 0.1) is 0 Å². The lowest BCUT2D eigenvalue weighted by Gasteiger charge is -2.12. The fraction of sp³-hybridized carbons (Fsp3) is 0.133. The molecule has 0 spiro atoms. The Kier molecular flexibility index (Phi) is 4.94. The maximum atomic E-state index is 12.2. The molecule has 0 fully saturated rings. The summed E-state index contributed by atoms with van der Waals surface area (Å²) in [5.41, 5.74) is 0.905. The second kappa shape index (κ2) is 6.70. The second-order valence-corrected chi connectivity index (χ2v) is 4.96. The van der Waals surface area contributed by atoms with Gasteiger partial charge in [0.2, 0.25) is 0 Å². The Bertz CT molecular complexity index is 674. The first kappa shape index (κ1) is 15.5. The van der Waals surface area contributed by atoms with Crippen molar-refractivity contribution in [2.45, 2.75) is 0 Å². The van der Waals surface area contributed by atoms with E-state index in [0.29, 0.717) is 32.8 Å².